The van der Waals surface area contributed by atoms with Crippen LogP contribution in [-0.4, -0.2) is 60.9 Å². The minimum absolute atomic E-state index is 0.0180. The van der Waals surface area contributed by atoms with Gasteiger partial charge in [-0.3, -0.25) is 29.4 Å². The summed E-state index contributed by atoms with van der Waals surface area (Å²) in [6.07, 6.45) is 1.47. The van der Waals surface area contributed by atoms with Crippen LogP contribution >= 0.6 is 22.9 Å². The van der Waals surface area contributed by atoms with Crippen molar-refractivity contribution in [2.24, 2.45) is 0 Å². The molecule has 0 saturated carbocycles. The number of nitrogens with one attached hydrogen (secondary N) is 1. The Morgan fingerprint density at radius 3 is 2.81 bits per heavy atom. The number of hydrogen-bond donors (Lipinski definition) is 2. The van der Waals surface area contributed by atoms with Crippen molar-refractivity contribution in [3.05, 3.63) is 68.6 Å². The lowest BCUT2D eigenvalue weighted by Gasteiger charge is -2.20. The summed E-state index contributed by atoms with van der Waals surface area (Å²) < 4.78 is 38.3. The molecule has 14 heteroatoms. The smallest absolute Gasteiger partial charge is 0.296 e. The van der Waals surface area contributed by atoms with Crippen LogP contribution in [0.1, 0.15) is 31.3 Å². The number of benzene rings is 1. The molecule has 11 nitrogen and oxygen atoms in total. The Morgan fingerprint density at radius 1 is 1.32 bits per heavy atom. The number of carbonyl (C=O) groups is 2. The quantitative estimate of drug-likeness (QED) is 0.436. The first-order valence-electron chi connectivity index (χ1n) is 10.9. The van der Waals surface area contributed by atoms with Crippen LogP contribution in [0.25, 0.3) is 0 Å². The van der Waals surface area contributed by atoms with Crippen molar-refractivity contribution < 1.29 is 27.3 Å². The second-order valence-electron chi connectivity index (χ2n) is 8.37. The summed E-state index contributed by atoms with van der Waals surface area (Å²) in [5.74, 6) is -1.08. The van der Waals surface area contributed by atoms with E-state index >= 15 is 0 Å². The number of pyridine rings is 1. The lowest BCUT2D eigenvalue weighted by Crippen LogP contribution is -2.29. The molecule has 3 aromatic rings. The number of aromatic nitrogens is 1. The Labute approximate surface area is 221 Å². The second-order valence-corrected chi connectivity index (χ2v) is 11.4. The van der Waals surface area contributed by atoms with Crippen molar-refractivity contribution in [3.63, 3.8) is 0 Å². The fraction of sp³-hybridized carbons (Fsp3) is 0.217. The van der Waals surface area contributed by atoms with Crippen LogP contribution < -0.4 is 9.80 Å². The van der Waals surface area contributed by atoms with Gasteiger partial charge in [0.15, 0.2) is 0 Å². The maximum absolute atomic E-state index is 13.4. The van der Waals surface area contributed by atoms with Gasteiger partial charge in [0.25, 0.3) is 28.0 Å². The van der Waals surface area contributed by atoms with E-state index in [9.17, 15) is 22.6 Å². The van der Waals surface area contributed by atoms with Crippen molar-refractivity contribution in [2.45, 2.75) is 18.0 Å². The predicted molar refractivity (Wildman–Crippen MR) is 137 cm³/mol. The summed E-state index contributed by atoms with van der Waals surface area (Å²) in [6.45, 7) is 1.50. The third-order valence-electron chi connectivity index (χ3n) is 6.05. The van der Waals surface area contributed by atoms with Gasteiger partial charge < -0.3 is 14.5 Å². The Bertz CT molecular complexity index is 1560. The van der Waals surface area contributed by atoms with E-state index in [1.165, 1.54) is 19.3 Å². The summed E-state index contributed by atoms with van der Waals surface area (Å²) in [4.78, 5) is 34.6. The summed E-state index contributed by atoms with van der Waals surface area (Å²) in [5.41, 5.74) is 2.60. The number of anilines is 2. The molecule has 1 fully saturated rings. The van der Waals surface area contributed by atoms with Crippen molar-refractivity contribution in [3.8, 4) is 0 Å². The maximum Gasteiger partial charge on any atom is 0.296 e. The van der Waals surface area contributed by atoms with Gasteiger partial charge in [-0.2, -0.15) is 8.42 Å². The zero-order chi connectivity index (χ0) is 26.5. The van der Waals surface area contributed by atoms with E-state index in [1.54, 1.807) is 9.80 Å². The number of rotatable bonds is 6. The van der Waals surface area contributed by atoms with E-state index in [0.29, 0.717) is 30.2 Å². The highest BCUT2D eigenvalue weighted by molar-refractivity contribution is 7.86. The van der Waals surface area contributed by atoms with E-state index in [1.807, 2.05) is 24.3 Å². The van der Waals surface area contributed by atoms with Gasteiger partial charge in [0, 0.05) is 25.5 Å². The highest BCUT2D eigenvalue weighted by Crippen LogP contribution is 2.35. The monoisotopic (exact) mass is 561 g/mol. The Kier molecular flexibility index (Phi) is 6.40. The highest BCUT2D eigenvalue weighted by atomic mass is 35.5. The molecule has 0 radical (unpaired) electrons. The lowest BCUT2D eigenvalue weighted by molar-refractivity contribution is 0.0767. The number of fused-ring (bicyclic) bond motifs is 1. The molecule has 0 bridgehead atoms. The summed E-state index contributed by atoms with van der Waals surface area (Å²) in [5, 5.41) is 7.91. The van der Waals surface area contributed by atoms with Crippen molar-refractivity contribution in [1.82, 2.24) is 9.88 Å². The van der Waals surface area contributed by atoms with E-state index in [2.05, 4.69) is 4.98 Å². The van der Waals surface area contributed by atoms with Crippen LogP contribution in [0.3, 0.4) is 0 Å². The minimum atomic E-state index is -4.69. The maximum atomic E-state index is 13.4. The number of nitrogens with zero attached hydrogens (tertiary/aromatic N) is 4. The Balaban J connectivity index is 1.41. The third-order valence-corrected chi connectivity index (χ3v) is 8.31. The van der Waals surface area contributed by atoms with Gasteiger partial charge in [-0.25, -0.2) is 0 Å². The molecule has 5 rings (SSSR count). The van der Waals surface area contributed by atoms with Crippen LogP contribution in [0, 0.1) is 5.41 Å². The molecule has 0 unspecified atom stereocenters. The highest BCUT2D eigenvalue weighted by Gasteiger charge is 2.35. The fourth-order valence-corrected chi connectivity index (χ4v) is 6.58. The topological polar surface area (TPSA) is 144 Å². The van der Waals surface area contributed by atoms with Crippen molar-refractivity contribution in [2.75, 3.05) is 30.0 Å². The molecular formula is C23H20ClN5O6S2. The van der Waals surface area contributed by atoms with Gasteiger partial charge in [-0.1, -0.05) is 23.7 Å². The number of hydrogen-bond acceptors (Lipinski definition) is 8. The van der Waals surface area contributed by atoms with Gasteiger partial charge in [0.1, 0.15) is 16.4 Å². The SMILES string of the molecule is CN(C(=O)c1sc(Cl)cc1S(=O)(=O)O)c1ccnc2c1C(=O)N(Cc1cccc(N3CCOC3=N)c1)C2. The molecule has 1 saturated heterocycles. The van der Waals surface area contributed by atoms with Gasteiger partial charge in [-0.15, -0.1) is 11.3 Å². The minimum Gasteiger partial charge on any atom is -0.463 e. The molecule has 2 aliphatic heterocycles. The molecule has 2 N–H and O–H groups in total. The average molecular weight is 562 g/mol. The van der Waals surface area contributed by atoms with Crippen molar-refractivity contribution in [1.29, 1.82) is 5.41 Å². The Morgan fingerprint density at radius 2 is 2.11 bits per heavy atom. The lowest BCUT2D eigenvalue weighted by atomic mass is 10.1. The molecule has 4 heterocycles. The summed E-state index contributed by atoms with van der Waals surface area (Å²) in [7, 11) is -3.28. The molecule has 192 valence electrons. The van der Waals surface area contributed by atoms with E-state index in [4.69, 9.17) is 21.7 Å². The molecule has 1 aromatic carbocycles. The largest absolute Gasteiger partial charge is 0.463 e. The molecule has 37 heavy (non-hydrogen) atoms. The first kappa shape index (κ1) is 25.1. The van der Waals surface area contributed by atoms with Gasteiger partial charge >= 0.3 is 0 Å². The molecule has 2 amide bonds. The predicted octanol–water partition coefficient (Wildman–Crippen LogP) is 3.25. The average Bonchev–Trinajstić information content (AvgIpc) is 3.55. The number of carbonyl (C=O) groups excluding carboxylic acids is 2. The van der Waals surface area contributed by atoms with Crippen molar-refractivity contribution >= 4 is 62.3 Å². The van der Waals surface area contributed by atoms with Gasteiger partial charge in [-0.05, 0) is 29.8 Å². The Hall–Kier alpha value is -3.52. The van der Waals surface area contributed by atoms with Crippen LogP contribution in [0.5, 0.6) is 0 Å². The number of halogens is 1. The normalized spacial score (nSPS) is 15.2. The summed E-state index contributed by atoms with van der Waals surface area (Å²) >= 11 is 6.64. The van der Waals surface area contributed by atoms with E-state index < -0.39 is 20.9 Å². The third kappa shape index (κ3) is 4.66. The molecule has 0 atom stereocenters. The van der Waals surface area contributed by atoms with Crippen LogP contribution in [-0.2, 0) is 27.9 Å². The molecular weight excluding hydrogens is 542 g/mol. The summed E-state index contributed by atoms with van der Waals surface area (Å²) in [6, 6.07) is 10.1. The molecule has 2 aromatic heterocycles. The zero-order valence-electron chi connectivity index (χ0n) is 19.3. The van der Waals surface area contributed by atoms with E-state index in [0.717, 1.165) is 22.2 Å². The molecule has 0 spiro atoms. The van der Waals surface area contributed by atoms with Gasteiger partial charge in [0.2, 0.25) is 0 Å². The number of ether oxygens (including phenoxy) is 1. The standard InChI is InChI=1S/C23H20ClN5O6S2/c1-27(22(31)20-17(37(32,33)34)10-18(24)36-20)16-5-6-26-15-12-28(21(30)19(15)16)11-13-3-2-4-14(9-13)29-7-8-35-23(29)25/h2-6,9-10,25H,7-8,11-12H2,1H3,(H,32,33,34). The van der Waals surface area contributed by atoms with Crippen LogP contribution in [0.2, 0.25) is 4.34 Å². The fourth-order valence-electron chi connectivity index (χ4n) is 4.32. The number of amides is 2. The van der Waals surface area contributed by atoms with Crippen LogP contribution in [0.4, 0.5) is 11.4 Å². The second kappa shape index (κ2) is 9.41. The zero-order valence-corrected chi connectivity index (χ0v) is 21.7. The number of thiophene rings is 1. The van der Waals surface area contributed by atoms with Gasteiger partial charge in [0.05, 0.1) is 34.4 Å². The number of amidine groups is 1. The first-order valence-corrected chi connectivity index (χ1v) is 13.6. The molecule has 0 aliphatic carbocycles. The van der Waals surface area contributed by atoms with E-state index in [-0.39, 0.29) is 45.5 Å². The first-order chi connectivity index (χ1) is 17.5. The molecule has 2 aliphatic rings. The van der Waals surface area contributed by atoms with Crippen LogP contribution in [0.15, 0.2) is 47.5 Å².